The van der Waals surface area contributed by atoms with Gasteiger partial charge in [0.15, 0.2) is 0 Å². The van der Waals surface area contributed by atoms with E-state index in [1.807, 2.05) is 0 Å². The summed E-state index contributed by atoms with van der Waals surface area (Å²) in [6.07, 6.45) is 0. The van der Waals surface area contributed by atoms with Gasteiger partial charge >= 0.3 is 0 Å². The third-order valence-electron chi connectivity index (χ3n) is 1.48. The molecule has 0 atom stereocenters. The van der Waals surface area contributed by atoms with Crippen molar-refractivity contribution in [1.29, 1.82) is 0 Å². The second-order valence-electron chi connectivity index (χ2n) is 1.73. The molecule has 0 radical (unpaired) electrons. The van der Waals surface area contributed by atoms with Gasteiger partial charge in [-0.25, -0.2) is 0 Å². The van der Waals surface area contributed by atoms with Crippen LogP contribution in [0.4, 0.5) is 0 Å². The van der Waals surface area contributed by atoms with Crippen LogP contribution >= 0.6 is 0 Å². The molecule has 1 aliphatic heterocycles. The predicted octanol–water partition coefficient (Wildman–Crippen LogP) is 1.18. The van der Waals surface area contributed by atoms with Gasteiger partial charge in [-0.05, 0) is 13.8 Å². The van der Waals surface area contributed by atoms with Gasteiger partial charge in [-0.3, -0.25) is 0 Å². The largest absolute Gasteiger partial charge is 0.349 e. The highest BCUT2D eigenvalue weighted by Crippen LogP contribution is 2.26. The van der Waals surface area contributed by atoms with Crippen molar-refractivity contribution >= 4 is 0 Å². The van der Waals surface area contributed by atoms with Gasteiger partial charge in [0.25, 0.3) is 0 Å². The van der Waals surface area contributed by atoms with Gasteiger partial charge in [0, 0.05) is 18.4 Å². The molecule has 0 saturated carbocycles. The molecule has 0 aromatic rings. The molecule has 1 aliphatic rings. The standard InChI is InChI=1S/C5H9N/c1-4-5(2)6(4)3/h1-3H3. The van der Waals surface area contributed by atoms with E-state index in [1.54, 1.807) is 0 Å². The Labute approximate surface area is 38.3 Å². The number of hydrogen-bond acceptors (Lipinski definition) is 1. The van der Waals surface area contributed by atoms with Crippen LogP contribution in [0.15, 0.2) is 11.4 Å². The molecule has 0 aromatic heterocycles. The van der Waals surface area contributed by atoms with Crippen molar-refractivity contribution < 1.29 is 0 Å². The molecule has 0 N–H and O–H groups in total. The molecule has 0 unspecified atom stereocenters. The minimum absolute atomic E-state index is 1.43. The number of hydrogen-bond donors (Lipinski definition) is 0. The van der Waals surface area contributed by atoms with Crippen molar-refractivity contribution in [2.75, 3.05) is 7.05 Å². The van der Waals surface area contributed by atoms with E-state index in [0.717, 1.165) is 0 Å². The monoisotopic (exact) mass is 83.1 g/mol. The number of allylic oxidation sites excluding steroid dienone is 2. The third kappa shape index (κ3) is 0.251. The molecule has 1 heteroatoms. The maximum absolute atomic E-state index is 2.17. The Morgan fingerprint density at radius 3 is 1.33 bits per heavy atom. The van der Waals surface area contributed by atoms with Gasteiger partial charge in [0.05, 0.1) is 0 Å². The van der Waals surface area contributed by atoms with E-state index in [2.05, 4.69) is 25.8 Å². The Kier molecular flexibility index (Phi) is 0.484. The summed E-state index contributed by atoms with van der Waals surface area (Å²) in [5, 5.41) is 0. The fourth-order valence-corrected chi connectivity index (χ4v) is 0.497. The minimum atomic E-state index is 1.43. The lowest BCUT2D eigenvalue weighted by molar-refractivity contribution is 0.686. The van der Waals surface area contributed by atoms with Gasteiger partial charge in [0.2, 0.25) is 0 Å². The maximum atomic E-state index is 2.17. The van der Waals surface area contributed by atoms with E-state index in [-0.39, 0.29) is 0 Å². The van der Waals surface area contributed by atoms with E-state index >= 15 is 0 Å². The lowest BCUT2D eigenvalue weighted by Gasteiger charge is -1.86. The molecular formula is C5H9N. The predicted molar refractivity (Wildman–Crippen MR) is 26.1 cm³/mol. The molecule has 0 spiro atoms. The van der Waals surface area contributed by atoms with E-state index in [9.17, 15) is 0 Å². The molecule has 0 aliphatic carbocycles. The van der Waals surface area contributed by atoms with Crippen LogP contribution in [0.2, 0.25) is 0 Å². The molecule has 0 amide bonds. The lowest BCUT2D eigenvalue weighted by Crippen LogP contribution is -1.84. The zero-order valence-electron chi connectivity index (χ0n) is 4.45. The fourth-order valence-electron chi connectivity index (χ4n) is 0.497. The summed E-state index contributed by atoms with van der Waals surface area (Å²) < 4.78 is 0. The molecule has 34 valence electrons. The highest BCUT2D eigenvalue weighted by molar-refractivity contribution is 5.25. The normalized spacial score (nSPS) is 19.5. The zero-order chi connectivity index (χ0) is 4.73. The molecule has 0 fully saturated rings. The van der Waals surface area contributed by atoms with Crippen molar-refractivity contribution in [1.82, 2.24) is 4.90 Å². The second kappa shape index (κ2) is 0.780. The minimum Gasteiger partial charge on any atom is -0.349 e. The fraction of sp³-hybridized carbons (Fsp3) is 0.600. The van der Waals surface area contributed by atoms with Crippen LogP contribution in [-0.4, -0.2) is 11.9 Å². The van der Waals surface area contributed by atoms with Crippen LogP contribution in [0.25, 0.3) is 0 Å². The summed E-state index contributed by atoms with van der Waals surface area (Å²) in [4.78, 5) is 2.17. The van der Waals surface area contributed by atoms with E-state index < -0.39 is 0 Å². The number of nitrogens with zero attached hydrogens (tertiary/aromatic N) is 1. The van der Waals surface area contributed by atoms with Gasteiger partial charge in [-0.15, -0.1) is 0 Å². The van der Waals surface area contributed by atoms with Crippen molar-refractivity contribution in [3.05, 3.63) is 11.4 Å². The molecule has 6 heavy (non-hydrogen) atoms. The van der Waals surface area contributed by atoms with Crippen molar-refractivity contribution in [3.8, 4) is 0 Å². The van der Waals surface area contributed by atoms with Crippen LogP contribution in [0, 0.1) is 0 Å². The Morgan fingerprint density at radius 1 is 1.17 bits per heavy atom. The third-order valence-corrected chi connectivity index (χ3v) is 1.48. The Balaban J connectivity index is 2.54. The smallest absolute Gasteiger partial charge is 0.0336 e. The SMILES string of the molecule is CC1=C(C)N1C. The molecule has 1 rings (SSSR count). The van der Waals surface area contributed by atoms with Crippen LogP contribution in [0.5, 0.6) is 0 Å². The van der Waals surface area contributed by atoms with Gasteiger partial charge in [-0.2, -0.15) is 0 Å². The van der Waals surface area contributed by atoms with E-state index in [4.69, 9.17) is 0 Å². The number of rotatable bonds is 0. The Morgan fingerprint density at radius 2 is 1.33 bits per heavy atom. The highest BCUT2D eigenvalue weighted by Gasteiger charge is 2.17. The summed E-state index contributed by atoms with van der Waals surface area (Å²) in [7, 11) is 2.07. The van der Waals surface area contributed by atoms with Gasteiger partial charge < -0.3 is 4.90 Å². The summed E-state index contributed by atoms with van der Waals surface area (Å²) in [6.45, 7) is 4.24. The van der Waals surface area contributed by atoms with Gasteiger partial charge in [-0.1, -0.05) is 0 Å². The lowest BCUT2D eigenvalue weighted by atomic mass is 10.6. The summed E-state index contributed by atoms with van der Waals surface area (Å²) in [6, 6.07) is 0. The first-order valence-electron chi connectivity index (χ1n) is 2.14. The zero-order valence-corrected chi connectivity index (χ0v) is 4.45. The first-order valence-corrected chi connectivity index (χ1v) is 2.14. The molecule has 1 nitrogen and oxygen atoms in total. The van der Waals surface area contributed by atoms with E-state index in [0.29, 0.717) is 0 Å². The Hall–Kier alpha value is -0.460. The Bertz CT molecular complexity index is 90.5. The maximum Gasteiger partial charge on any atom is 0.0336 e. The topological polar surface area (TPSA) is 3.01 Å². The summed E-state index contributed by atoms with van der Waals surface area (Å²) in [5.41, 5.74) is 2.85. The second-order valence-corrected chi connectivity index (χ2v) is 1.73. The molecule has 0 bridgehead atoms. The van der Waals surface area contributed by atoms with Crippen LogP contribution in [0.3, 0.4) is 0 Å². The van der Waals surface area contributed by atoms with Crippen LogP contribution in [-0.2, 0) is 0 Å². The molecule has 0 saturated heterocycles. The molecule has 0 aromatic carbocycles. The van der Waals surface area contributed by atoms with Crippen molar-refractivity contribution in [2.45, 2.75) is 13.8 Å². The van der Waals surface area contributed by atoms with Gasteiger partial charge in [0.1, 0.15) is 0 Å². The first-order chi connectivity index (χ1) is 2.73. The van der Waals surface area contributed by atoms with Crippen LogP contribution in [0.1, 0.15) is 13.8 Å². The van der Waals surface area contributed by atoms with Crippen molar-refractivity contribution in [3.63, 3.8) is 0 Å². The summed E-state index contributed by atoms with van der Waals surface area (Å²) >= 11 is 0. The van der Waals surface area contributed by atoms with E-state index in [1.165, 1.54) is 11.4 Å². The molecule has 1 heterocycles. The van der Waals surface area contributed by atoms with Crippen LogP contribution < -0.4 is 0 Å². The molecular weight excluding hydrogens is 74.1 g/mol. The first kappa shape index (κ1) is 3.72. The quantitative estimate of drug-likeness (QED) is 0.425. The average molecular weight is 83.1 g/mol. The highest BCUT2D eigenvalue weighted by atomic mass is 15.2. The van der Waals surface area contributed by atoms with Crippen molar-refractivity contribution in [2.24, 2.45) is 0 Å². The average Bonchev–Trinajstić information content (AvgIpc) is 1.94. The summed E-state index contributed by atoms with van der Waals surface area (Å²) in [5.74, 6) is 0.